The molecule has 0 saturated carbocycles. The fourth-order valence-electron chi connectivity index (χ4n) is 2.32. The molecule has 1 amide bonds. The summed E-state index contributed by atoms with van der Waals surface area (Å²) in [6, 6.07) is 4.83. The fraction of sp³-hybridized carbons (Fsp3) is 0.333. The molecule has 1 N–H and O–H groups in total. The van der Waals surface area contributed by atoms with Crippen LogP contribution in [0.2, 0.25) is 10.0 Å². The molecule has 0 aromatic heterocycles. The molecular formula is C18H20Cl2N2O2. The molecule has 1 aromatic carbocycles. The second-order valence-electron chi connectivity index (χ2n) is 5.83. The third-order valence-corrected chi connectivity index (χ3v) is 4.40. The van der Waals surface area contributed by atoms with Crippen LogP contribution in [0, 0.1) is 5.92 Å². The van der Waals surface area contributed by atoms with Crippen LogP contribution in [-0.4, -0.2) is 18.2 Å². The minimum absolute atomic E-state index is 0.176. The second-order valence-corrected chi connectivity index (χ2v) is 6.67. The monoisotopic (exact) mass is 366 g/mol. The zero-order valence-corrected chi connectivity index (χ0v) is 15.2. The van der Waals surface area contributed by atoms with E-state index in [1.165, 1.54) is 0 Å². The van der Waals surface area contributed by atoms with E-state index in [1.54, 1.807) is 18.2 Å². The third kappa shape index (κ3) is 5.11. The van der Waals surface area contributed by atoms with Crippen LogP contribution in [0.4, 0.5) is 0 Å². The van der Waals surface area contributed by atoms with Crippen LogP contribution in [0.3, 0.4) is 0 Å². The summed E-state index contributed by atoms with van der Waals surface area (Å²) in [5, 5.41) is 5.09. The van der Waals surface area contributed by atoms with Gasteiger partial charge in [-0.15, -0.1) is 0 Å². The summed E-state index contributed by atoms with van der Waals surface area (Å²) in [5.41, 5.74) is 5.60. The Labute approximate surface area is 152 Å². The Balaban J connectivity index is 1.91. The van der Waals surface area contributed by atoms with Crippen LogP contribution in [0.15, 0.2) is 47.1 Å². The predicted octanol–water partition coefficient (Wildman–Crippen LogP) is 4.78. The highest BCUT2D eigenvalue weighted by Gasteiger charge is 2.18. The van der Waals surface area contributed by atoms with Crippen LogP contribution < -0.4 is 10.2 Å². The molecule has 0 aliphatic heterocycles. The quantitative estimate of drug-likeness (QED) is 0.602. The topological polar surface area (TPSA) is 50.7 Å². The first-order chi connectivity index (χ1) is 11.4. The van der Waals surface area contributed by atoms with Crippen molar-refractivity contribution in [1.82, 2.24) is 5.43 Å². The molecule has 0 saturated heterocycles. The summed E-state index contributed by atoms with van der Waals surface area (Å²) in [7, 11) is 0. The van der Waals surface area contributed by atoms with E-state index in [2.05, 4.69) is 23.2 Å². The third-order valence-electron chi connectivity index (χ3n) is 3.87. The van der Waals surface area contributed by atoms with Crippen molar-refractivity contribution in [2.24, 2.45) is 11.0 Å². The number of benzene rings is 1. The van der Waals surface area contributed by atoms with Crippen molar-refractivity contribution in [3.05, 3.63) is 52.0 Å². The van der Waals surface area contributed by atoms with Crippen LogP contribution in [0.25, 0.3) is 0 Å². The fourth-order valence-corrected chi connectivity index (χ4v) is 2.78. The van der Waals surface area contributed by atoms with Crippen molar-refractivity contribution in [2.45, 2.75) is 26.7 Å². The summed E-state index contributed by atoms with van der Waals surface area (Å²) in [6.07, 6.45) is 3.87. The van der Waals surface area contributed by atoms with Crippen LogP contribution in [-0.2, 0) is 4.79 Å². The lowest BCUT2D eigenvalue weighted by atomic mass is 9.85. The van der Waals surface area contributed by atoms with Crippen molar-refractivity contribution in [3.8, 4) is 5.75 Å². The van der Waals surface area contributed by atoms with E-state index in [9.17, 15) is 4.79 Å². The molecule has 24 heavy (non-hydrogen) atoms. The second kappa shape index (κ2) is 8.36. The Morgan fingerprint density at radius 1 is 1.46 bits per heavy atom. The van der Waals surface area contributed by atoms with Gasteiger partial charge in [0.1, 0.15) is 5.75 Å². The Kier molecular flexibility index (Phi) is 6.46. The lowest BCUT2D eigenvalue weighted by Crippen LogP contribution is -2.27. The molecule has 2 rings (SSSR count). The summed E-state index contributed by atoms with van der Waals surface area (Å²) in [6.45, 7) is 7.82. The van der Waals surface area contributed by atoms with Crippen LogP contribution in [0.5, 0.6) is 5.75 Å². The molecular weight excluding hydrogens is 347 g/mol. The first-order valence-electron chi connectivity index (χ1n) is 7.62. The molecule has 0 heterocycles. The van der Waals surface area contributed by atoms with E-state index in [4.69, 9.17) is 27.9 Å². The average molecular weight is 367 g/mol. The van der Waals surface area contributed by atoms with E-state index in [-0.39, 0.29) is 12.5 Å². The maximum atomic E-state index is 11.9. The molecule has 1 aliphatic rings. The zero-order valence-electron chi connectivity index (χ0n) is 13.7. The minimum Gasteiger partial charge on any atom is -0.482 e. The number of hydrogen-bond acceptors (Lipinski definition) is 3. The van der Waals surface area contributed by atoms with Crippen molar-refractivity contribution in [2.75, 3.05) is 6.61 Å². The van der Waals surface area contributed by atoms with Crippen molar-refractivity contribution < 1.29 is 9.53 Å². The molecule has 0 bridgehead atoms. The van der Waals surface area contributed by atoms with Gasteiger partial charge in [-0.1, -0.05) is 41.4 Å². The summed E-state index contributed by atoms with van der Waals surface area (Å²) < 4.78 is 5.38. The molecule has 1 aromatic rings. The lowest BCUT2D eigenvalue weighted by molar-refractivity contribution is -0.123. The number of ether oxygens (including phenoxy) is 1. The van der Waals surface area contributed by atoms with Crippen LogP contribution >= 0.6 is 23.2 Å². The first-order valence-corrected chi connectivity index (χ1v) is 8.38. The van der Waals surface area contributed by atoms with Gasteiger partial charge in [0.25, 0.3) is 5.91 Å². The molecule has 4 nitrogen and oxygen atoms in total. The molecule has 0 radical (unpaired) electrons. The molecule has 0 fully saturated rings. The van der Waals surface area contributed by atoms with Gasteiger partial charge in [-0.3, -0.25) is 4.79 Å². The van der Waals surface area contributed by atoms with E-state index in [0.29, 0.717) is 21.7 Å². The maximum absolute atomic E-state index is 11.9. The molecule has 0 unspecified atom stereocenters. The molecule has 1 aliphatic carbocycles. The SMILES string of the molecule is C=C(C)[C@@H]1CC=C(C)/C(=N/NC(=O)COc2ccc(Cl)cc2Cl)C1. The standard InChI is InChI=1S/C18H20Cl2N2O2/c1-11(2)13-5-4-12(3)16(8-13)21-22-18(23)10-24-17-7-6-14(19)9-15(17)20/h4,6-7,9,13H,1,5,8,10H2,2-3H3,(H,22,23)/b21-16+/t13-/m1/s1. The Bertz CT molecular complexity index is 711. The number of allylic oxidation sites excluding steroid dienone is 3. The largest absolute Gasteiger partial charge is 0.482 e. The normalized spacial score (nSPS) is 18.9. The first kappa shape index (κ1) is 18.6. The zero-order chi connectivity index (χ0) is 17.7. The van der Waals surface area contributed by atoms with E-state index < -0.39 is 0 Å². The van der Waals surface area contributed by atoms with Crippen molar-refractivity contribution in [1.29, 1.82) is 0 Å². The van der Waals surface area contributed by atoms with E-state index >= 15 is 0 Å². The molecule has 0 spiro atoms. The highest BCUT2D eigenvalue weighted by Crippen LogP contribution is 2.28. The Morgan fingerprint density at radius 3 is 2.88 bits per heavy atom. The lowest BCUT2D eigenvalue weighted by Gasteiger charge is -2.22. The van der Waals surface area contributed by atoms with Crippen LogP contribution in [0.1, 0.15) is 26.7 Å². The van der Waals surface area contributed by atoms with Crippen molar-refractivity contribution >= 4 is 34.8 Å². The number of hydrazone groups is 1. The Morgan fingerprint density at radius 2 is 2.21 bits per heavy atom. The molecule has 128 valence electrons. The van der Waals surface area contributed by atoms with Gasteiger partial charge in [-0.25, -0.2) is 5.43 Å². The van der Waals surface area contributed by atoms with Gasteiger partial charge < -0.3 is 4.74 Å². The highest BCUT2D eigenvalue weighted by molar-refractivity contribution is 6.35. The summed E-state index contributed by atoms with van der Waals surface area (Å²) in [4.78, 5) is 11.9. The van der Waals surface area contributed by atoms with Gasteiger partial charge in [0, 0.05) is 5.02 Å². The van der Waals surface area contributed by atoms with Gasteiger partial charge >= 0.3 is 0 Å². The van der Waals surface area contributed by atoms with Gasteiger partial charge in [0.05, 0.1) is 10.7 Å². The smallest absolute Gasteiger partial charge is 0.277 e. The number of nitrogens with one attached hydrogen (secondary N) is 1. The average Bonchev–Trinajstić information content (AvgIpc) is 2.53. The number of hydrogen-bond donors (Lipinski definition) is 1. The minimum atomic E-state index is -0.348. The Hall–Kier alpha value is -1.78. The van der Waals surface area contributed by atoms with E-state index in [0.717, 1.165) is 29.7 Å². The number of nitrogens with zero attached hydrogens (tertiary/aromatic N) is 1. The van der Waals surface area contributed by atoms with Gasteiger partial charge in [-0.05, 0) is 56.4 Å². The number of carbonyl (C=O) groups is 1. The summed E-state index contributed by atoms with van der Waals surface area (Å²) in [5.74, 6) is 0.423. The number of halogens is 2. The number of carbonyl (C=O) groups excluding carboxylic acids is 1. The number of amides is 1. The van der Waals surface area contributed by atoms with Gasteiger partial charge in [0.15, 0.2) is 6.61 Å². The highest BCUT2D eigenvalue weighted by atomic mass is 35.5. The van der Waals surface area contributed by atoms with Gasteiger partial charge in [-0.2, -0.15) is 5.10 Å². The van der Waals surface area contributed by atoms with E-state index in [1.807, 2.05) is 13.8 Å². The van der Waals surface area contributed by atoms with Gasteiger partial charge in [0.2, 0.25) is 0 Å². The summed E-state index contributed by atoms with van der Waals surface area (Å²) >= 11 is 11.8. The predicted molar refractivity (Wildman–Crippen MR) is 98.8 cm³/mol. The molecule has 6 heteroatoms. The maximum Gasteiger partial charge on any atom is 0.277 e. The number of rotatable bonds is 5. The molecule has 1 atom stereocenters. The van der Waals surface area contributed by atoms with Crippen molar-refractivity contribution in [3.63, 3.8) is 0 Å².